The van der Waals surface area contributed by atoms with Crippen molar-refractivity contribution in [3.05, 3.63) is 36.4 Å². The van der Waals surface area contributed by atoms with Gasteiger partial charge in [-0.05, 0) is 36.6 Å². The van der Waals surface area contributed by atoms with Crippen molar-refractivity contribution in [1.82, 2.24) is 4.31 Å². The smallest absolute Gasteiger partial charge is 0.243 e. The van der Waals surface area contributed by atoms with Gasteiger partial charge in [0.1, 0.15) is 13.2 Å². The maximum atomic E-state index is 13.4. The molecule has 180 valence electrons. The van der Waals surface area contributed by atoms with Crippen LogP contribution in [0.4, 0.5) is 5.69 Å². The van der Waals surface area contributed by atoms with Crippen LogP contribution in [0.25, 0.3) is 0 Å². The number of carbonyl (C=O) groups is 1. The molecule has 0 spiro atoms. The van der Waals surface area contributed by atoms with Gasteiger partial charge in [-0.3, -0.25) is 4.79 Å². The Labute approximate surface area is 194 Å². The minimum atomic E-state index is -3.95. The monoisotopic (exact) mass is 478 g/mol. The van der Waals surface area contributed by atoms with Crippen molar-refractivity contribution in [2.24, 2.45) is 5.92 Å². The number of benzene rings is 2. The number of ether oxygens (including phenoxy) is 4. The zero-order chi connectivity index (χ0) is 24.0. The van der Waals surface area contributed by atoms with Crippen molar-refractivity contribution in [2.45, 2.75) is 25.2 Å². The third-order valence-electron chi connectivity index (χ3n) is 5.09. The van der Waals surface area contributed by atoms with E-state index in [0.717, 1.165) is 0 Å². The van der Waals surface area contributed by atoms with Crippen molar-refractivity contribution in [2.75, 3.05) is 45.8 Å². The molecule has 3 rings (SSSR count). The first kappa shape index (κ1) is 24.7. The molecule has 0 bridgehead atoms. The first-order chi connectivity index (χ1) is 15.7. The predicted octanol–water partition coefficient (Wildman–Crippen LogP) is 3.15. The van der Waals surface area contributed by atoms with Crippen LogP contribution in [-0.2, 0) is 14.8 Å². The van der Waals surface area contributed by atoms with E-state index in [1.165, 1.54) is 30.7 Å². The molecule has 0 unspecified atom stereocenters. The van der Waals surface area contributed by atoms with E-state index in [-0.39, 0.29) is 23.9 Å². The van der Waals surface area contributed by atoms with Crippen LogP contribution in [0.1, 0.15) is 20.3 Å². The number of rotatable bonds is 10. The molecule has 0 saturated heterocycles. The Kier molecular flexibility index (Phi) is 8.04. The first-order valence-corrected chi connectivity index (χ1v) is 12.1. The summed E-state index contributed by atoms with van der Waals surface area (Å²) in [6, 6.07) is 9.43. The zero-order valence-corrected chi connectivity index (χ0v) is 20.1. The lowest BCUT2D eigenvalue weighted by atomic mass is 10.1. The summed E-state index contributed by atoms with van der Waals surface area (Å²) in [7, 11) is -0.932. The Bertz CT molecular complexity index is 1090. The Morgan fingerprint density at radius 3 is 2.39 bits per heavy atom. The van der Waals surface area contributed by atoms with Crippen molar-refractivity contribution >= 4 is 21.6 Å². The minimum absolute atomic E-state index is 0.0504. The number of anilines is 1. The third-order valence-corrected chi connectivity index (χ3v) is 6.94. The number of methoxy groups -OCH3 is 2. The molecule has 2 aromatic carbocycles. The van der Waals surface area contributed by atoms with Gasteiger partial charge >= 0.3 is 0 Å². The second-order valence-corrected chi connectivity index (χ2v) is 9.88. The number of fused-ring (bicyclic) bond motifs is 1. The van der Waals surface area contributed by atoms with Gasteiger partial charge in [0.15, 0.2) is 23.0 Å². The van der Waals surface area contributed by atoms with Crippen molar-refractivity contribution in [1.29, 1.82) is 0 Å². The van der Waals surface area contributed by atoms with Crippen molar-refractivity contribution in [3.8, 4) is 23.0 Å². The van der Waals surface area contributed by atoms with Crippen LogP contribution in [0.3, 0.4) is 0 Å². The summed E-state index contributed by atoms with van der Waals surface area (Å²) >= 11 is 0. The largest absolute Gasteiger partial charge is 0.493 e. The number of carbonyl (C=O) groups excluding carboxylic acids is 1. The molecule has 9 nitrogen and oxygen atoms in total. The van der Waals surface area contributed by atoms with Crippen LogP contribution in [0, 0.1) is 5.92 Å². The van der Waals surface area contributed by atoms with E-state index in [1.807, 2.05) is 13.8 Å². The van der Waals surface area contributed by atoms with Crippen LogP contribution < -0.4 is 24.3 Å². The van der Waals surface area contributed by atoms with Crippen LogP contribution in [0.15, 0.2) is 41.3 Å². The highest BCUT2D eigenvalue weighted by molar-refractivity contribution is 7.89. The molecule has 0 radical (unpaired) electrons. The fourth-order valence-corrected chi connectivity index (χ4v) is 4.72. The number of nitrogens with zero attached hydrogens (tertiary/aromatic N) is 1. The number of amides is 1. The summed E-state index contributed by atoms with van der Waals surface area (Å²) in [4.78, 5) is 12.8. The van der Waals surface area contributed by atoms with Crippen LogP contribution in [0.2, 0.25) is 0 Å². The van der Waals surface area contributed by atoms with E-state index in [1.54, 1.807) is 24.3 Å². The molecule has 0 aliphatic carbocycles. The van der Waals surface area contributed by atoms with Gasteiger partial charge < -0.3 is 24.3 Å². The Morgan fingerprint density at radius 1 is 1.03 bits per heavy atom. The minimum Gasteiger partial charge on any atom is -0.493 e. The van der Waals surface area contributed by atoms with E-state index in [0.29, 0.717) is 48.3 Å². The van der Waals surface area contributed by atoms with E-state index in [2.05, 4.69) is 5.32 Å². The van der Waals surface area contributed by atoms with Gasteiger partial charge in [-0.1, -0.05) is 13.8 Å². The van der Waals surface area contributed by atoms with Gasteiger partial charge in [0.2, 0.25) is 15.9 Å². The average molecular weight is 479 g/mol. The van der Waals surface area contributed by atoms with E-state index in [9.17, 15) is 13.2 Å². The maximum Gasteiger partial charge on any atom is 0.243 e. The second kappa shape index (κ2) is 10.8. The van der Waals surface area contributed by atoms with Crippen LogP contribution in [-0.4, -0.2) is 59.2 Å². The third kappa shape index (κ3) is 6.08. The standard InChI is InChI=1S/C23H30N2O7S/c1-16(2)9-10-25(15-23(26)24-17-5-7-19(29-3)21(13-17)30-4)33(27,28)18-6-8-20-22(14-18)32-12-11-31-20/h5-8,13-14,16H,9-12,15H2,1-4H3,(H,24,26). The molecule has 0 fully saturated rings. The van der Waals surface area contributed by atoms with Gasteiger partial charge in [-0.15, -0.1) is 0 Å². The summed E-state index contributed by atoms with van der Waals surface area (Å²) in [5.74, 6) is 1.65. The SMILES string of the molecule is COc1ccc(NC(=O)CN(CCC(C)C)S(=O)(=O)c2ccc3c(c2)OCCO3)cc1OC. The predicted molar refractivity (Wildman–Crippen MR) is 124 cm³/mol. The Morgan fingerprint density at radius 2 is 1.73 bits per heavy atom. The summed E-state index contributed by atoms with van der Waals surface area (Å²) < 4.78 is 49.5. The fourth-order valence-electron chi connectivity index (χ4n) is 3.29. The molecule has 0 aromatic heterocycles. The number of hydrogen-bond acceptors (Lipinski definition) is 7. The molecule has 1 aliphatic heterocycles. The summed E-state index contributed by atoms with van der Waals surface area (Å²) in [6.07, 6.45) is 0.605. The topological polar surface area (TPSA) is 103 Å². The summed E-state index contributed by atoms with van der Waals surface area (Å²) in [6.45, 7) is 4.63. The molecule has 1 heterocycles. The number of nitrogens with one attached hydrogen (secondary N) is 1. The highest BCUT2D eigenvalue weighted by Crippen LogP contribution is 2.33. The first-order valence-electron chi connectivity index (χ1n) is 10.7. The molecule has 10 heteroatoms. The van der Waals surface area contributed by atoms with Crippen LogP contribution in [0.5, 0.6) is 23.0 Å². The zero-order valence-electron chi connectivity index (χ0n) is 19.3. The molecular weight excluding hydrogens is 448 g/mol. The van der Waals surface area contributed by atoms with Crippen molar-refractivity contribution in [3.63, 3.8) is 0 Å². The quantitative estimate of drug-likeness (QED) is 0.559. The molecular formula is C23H30N2O7S. The number of hydrogen-bond donors (Lipinski definition) is 1. The lowest BCUT2D eigenvalue weighted by Crippen LogP contribution is -2.39. The Hall–Kier alpha value is -2.98. The molecule has 0 atom stereocenters. The maximum absolute atomic E-state index is 13.4. The second-order valence-electron chi connectivity index (χ2n) is 7.94. The molecule has 33 heavy (non-hydrogen) atoms. The number of sulfonamides is 1. The molecule has 1 amide bonds. The van der Waals surface area contributed by atoms with Crippen LogP contribution >= 0.6 is 0 Å². The molecule has 0 saturated carbocycles. The van der Waals surface area contributed by atoms with Gasteiger partial charge in [0.05, 0.1) is 25.7 Å². The van der Waals surface area contributed by atoms with Gasteiger partial charge in [0.25, 0.3) is 0 Å². The van der Waals surface area contributed by atoms with E-state index >= 15 is 0 Å². The summed E-state index contributed by atoms with van der Waals surface area (Å²) in [5, 5.41) is 2.73. The van der Waals surface area contributed by atoms with Crippen molar-refractivity contribution < 1.29 is 32.2 Å². The highest BCUT2D eigenvalue weighted by Gasteiger charge is 2.28. The summed E-state index contributed by atoms with van der Waals surface area (Å²) in [5.41, 5.74) is 0.471. The van der Waals surface area contributed by atoms with Gasteiger partial charge in [-0.25, -0.2) is 8.42 Å². The highest BCUT2D eigenvalue weighted by atomic mass is 32.2. The van der Waals surface area contributed by atoms with E-state index in [4.69, 9.17) is 18.9 Å². The lowest BCUT2D eigenvalue weighted by molar-refractivity contribution is -0.116. The molecule has 1 N–H and O–H groups in total. The molecule has 2 aromatic rings. The van der Waals surface area contributed by atoms with Gasteiger partial charge in [0, 0.05) is 24.4 Å². The fraction of sp³-hybridized carbons (Fsp3) is 0.435. The normalized spacial score (nSPS) is 13.2. The van der Waals surface area contributed by atoms with E-state index < -0.39 is 15.9 Å². The molecule has 1 aliphatic rings. The van der Waals surface area contributed by atoms with Gasteiger partial charge in [-0.2, -0.15) is 4.31 Å². The average Bonchev–Trinajstić information content (AvgIpc) is 2.81. The Balaban J connectivity index is 1.81. The lowest BCUT2D eigenvalue weighted by Gasteiger charge is -2.24.